The second kappa shape index (κ2) is 6.61. The zero-order valence-electron chi connectivity index (χ0n) is 15.2. The minimum absolute atomic E-state index is 0.0923. The highest BCUT2D eigenvalue weighted by atomic mass is 32.2. The van der Waals surface area contributed by atoms with Gasteiger partial charge in [0, 0.05) is 5.56 Å². The highest BCUT2D eigenvalue weighted by molar-refractivity contribution is 7.91. The van der Waals surface area contributed by atoms with Crippen LogP contribution in [0.3, 0.4) is 0 Å². The van der Waals surface area contributed by atoms with Gasteiger partial charge in [-0.05, 0) is 36.8 Å². The number of sulfone groups is 1. The Labute approximate surface area is 161 Å². The van der Waals surface area contributed by atoms with Crippen LogP contribution in [-0.4, -0.2) is 35.3 Å². The number of nitrogens with zero attached hydrogens (tertiary/aromatic N) is 4. The lowest BCUT2D eigenvalue weighted by Gasteiger charge is -2.08. The molecule has 8 nitrogen and oxygen atoms in total. The fraction of sp³-hybridized carbons (Fsp3) is 0.105. The van der Waals surface area contributed by atoms with Crippen LogP contribution < -0.4 is 10.5 Å². The number of aromatic nitrogens is 4. The van der Waals surface area contributed by atoms with E-state index in [4.69, 9.17) is 10.5 Å². The maximum Gasteiger partial charge on any atom is 0.229 e. The van der Waals surface area contributed by atoms with E-state index in [9.17, 15) is 8.42 Å². The van der Waals surface area contributed by atoms with Gasteiger partial charge in [-0.2, -0.15) is 9.61 Å². The number of anilines is 1. The number of ether oxygens (including phenoxy) is 1. The smallest absolute Gasteiger partial charge is 0.229 e. The van der Waals surface area contributed by atoms with E-state index in [1.807, 2.05) is 31.2 Å². The van der Waals surface area contributed by atoms with Gasteiger partial charge in [-0.1, -0.05) is 29.8 Å². The minimum atomic E-state index is -3.92. The van der Waals surface area contributed by atoms with Gasteiger partial charge in [0.25, 0.3) is 0 Å². The Balaban J connectivity index is 1.83. The van der Waals surface area contributed by atoms with Crippen LogP contribution in [-0.2, 0) is 9.84 Å². The molecule has 2 aromatic carbocycles. The van der Waals surface area contributed by atoms with Gasteiger partial charge in [0.1, 0.15) is 5.75 Å². The molecule has 0 atom stereocenters. The third-order valence-corrected chi connectivity index (χ3v) is 6.11. The van der Waals surface area contributed by atoms with E-state index in [-0.39, 0.29) is 15.7 Å². The van der Waals surface area contributed by atoms with Gasteiger partial charge in [0.2, 0.25) is 14.9 Å². The normalized spacial score (nSPS) is 11.6. The van der Waals surface area contributed by atoms with Crippen LogP contribution >= 0.6 is 0 Å². The fourth-order valence-electron chi connectivity index (χ4n) is 2.84. The molecule has 9 heteroatoms. The number of fused-ring (bicyclic) bond motifs is 1. The van der Waals surface area contributed by atoms with Gasteiger partial charge in [-0.25, -0.2) is 8.42 Å². The average molecular weight is 395 g/mol. The van der Waals surface area contributed by atoms with E-state index in [2.05, 4.69) is 15.3 Å². The van der Waals surface area contributed by atoms with E-state index < -0.39 is 9.84 Å². The first kappa shape index (κ1) is 17.9. The summed E-state index contributed by atoms with van der Waals surface area (Å²) in [5.74, 6) is 0.627. The quantitative estimate of drug-likeness (QED) is 0.565. The van der Waals surface area contributed by atoms with Crippen LogP contribution in [0.5, 0.6) is 5.75 Å². The van der Waals surface area contributed by atoms with Crippen molar-refractivity contribution in [2.45, 2.75) is 16.8 Å². The summed E-state index contributed by atoms with van der Waals surface area (Å²) < 4.78 is 32.3. The molecule has 0 amide bonds. The summed E-state index contributed by atoms with van der Waals surface area (Å²) in [5.41, 5.74) is 8.94. The molecule has 0 radical (unpaired) electrons. The van der Waals surface area contributed by atoms with Crippen molar-refractivity contribution in [3.05, 3.63) is 60.3 Å². The zero-order chi connectivity index (χ0) is 19.9. The highest BCUT2D eigenvalue weighted by Gasteiger charge is 2.26. The standard InChI is InChI=1S/C19H17N5O3S/c1-12-3-9-15(10-4-12)28(25,26)19-17(20)24-18(22-23-19)16(11-21-24)13-5-7-14(27-2)8-6-13/h3-11H,20H2,1-2H3. The summed E-state index contributed by atoms with van der Waals surface area (Å²) in [6.45, 7) is 1.88. The molecule has 0 aliphatic heterocycles. The summed E-state index contributed by atoms with van der Waals surface area (Å²) in [6.07, 6.45) is 1.57. The van der Waals surface area contributed by atoms with Crippen LogP contribution in [0.25, 0.3) is 16.8 Å². The predicted molar refractivity (Wildman–Crippen MR) is 104 cm³/mol. The average Bonchev–Trinajstić information content (AvgIpc) is 3.13. The number of benzene rings is 2. The van der Waals surface area contributed by atoms with E-state index in [1.165, 1.54) is 16.6 Å². The molecule has 0 aliphatic rings. The molecule has 0 aliphatic carbocycles. The summed E-state index contributed by atoms with van der Waals surface area (Å²) in [6, 6.07) is 13.8. The van der Waals surface area contributed by atoms with E-state index in [0.717, 1.165) is 16.9 Å². The van der Waals surface area contributed by atoms with Crippen molar-refractivity contribution in [1.82, 2.24) is 19.8 Å². The Morgan fingerprint density at radius 1 is 1.00 bits per heavy atom. The molecule has 0 unspecified atom stereocenters. The van der Waals surface area contributed by atoms with Gasteiger partial charge in [-0.3, -0.25) is 0 Å². The van der Waals surface area contributed by atoms with Gasteiger partial charge in [-0.15, -0.1) is 10.2 Å². The van der Waals surface area contributed by atoms with E-state index in [1.54, 1.807) is 25.4 Å². The van der Waals surface area contributed by atoms with Crippen molar-refractivity contribution < 1.29 is 13.2 Å². The van der Waals surface area contributed by atoms with Crippen molar-refractivity contribution in [2.75, 3.05) is 12.8 Å². The molecular formula is C19H17N5O3S. The molecule has 2 aromatic heterocycles. The third kappa shape index (κ3) is 2.85. The number of hydrogen-bond donors (Lipinski definition) is 1. The van der Waals surface area contributed by atoms with Gasteiger partial charge in [0.05, 0.1) is 18.2 Å². The van der Waals surface area contributed by atoms with E-state index in [0.29, 0.717) is 11.2 Å². The number of methoxy groups -OCH3 is 1. The Morgan fingerprint density at radius 2 is 1.68 bits per heavy atom. The topological polar surface area (TPSA) is 112 Å². The number of nitrogens with two attached hydrogens (primary N) is 1. The van der Waals surface area contributed by atoms with Gasteiger partial charge < -0.3 is 10.5 Å². The van der Waals surface area contributed by atoms with Crippen LogP contribution in [0.15, 0.2) is 64.6 Å². The maximum atomic E-state index is 12.9. The lowest BCUT2D eigenvalue weighted by atomic mass is 10.1. The maximum absolute atomic E-state index is 12.9. The third-order valence-electron chi connectivity index (χ3n) is 4.41. The molecule has 28 heavy (non-hydrogen) atoms. The van der Waals surface area contributed by atoms with Crippen molar-refractivity contribution >= 4 is 21.3 Å². The lowest BCUT2D eigenvalue weighted by molar-refractivity contribution is 0.415. The number of hydrogen-bond acceptors (Lipinski definition) is 7. The summed E-state index contributed by atoms with van der Waals surface area (Å²) in [4.78, 5) is 0.0981. The van der Waals surface area contributed by atoms with Crippen LogP contribution in [0.2, 0.25) is 0 Å². The molecule has 2 heterocycles. The van der Waals surface area contributed by atoms with Crippen molar-refractivity contribution in [3.8, 4) is 16.9 Å². The molecule has 0 saturated carbocycles. The van der Waals surface area contributed by atoms with Gasteiger partial charge in [0.15, 0.2) is 11.5 Å². The van der Waals surface area contributed by atoms with Crippen LogP contribution in [0.1, 0.15) is 5.56 Å². The molecule has 0 bridgehead atoms. The zero-order valence-corrected chi connectivity index (χ0v) is 16.0. The second-order valence-electron chi connectivity index (χ2n) is 6.23. The van der Waals surface area contributed by atoms with Crippen LogP contribution in [0, 0.1) is 6.92 Å². The summed E-state index contributed by atoms with van der Waals surface area (Å²) >= 11 is 0. The first-order valence-electron chi connectivity index (χ1n) is 8.38. The van der Waals surface area contributed by atoms with Crippen molar-refractivity contribution in [3.63, 3.8) is 0 Å². The molecule has 4 aromatic rings. The molecule has 4 rings (SSSR count). The van der Waals surface area contributed by atoms with Crippen molar-refractivity contribution in [2.24, 2.45) is 0 Å². The monoisotopic (exact) mass is 395 g/mol. The largest absolute Gasteiger partial charge is 0.497 e. The molecule has 0 fully saturated rings. The first-order chi connectivity index (χ1) is 13.4. The Bertz CT molecular complexity index is 1260. The molecule has 142 valence electrons. The van der Waals surface area contributed by atoms with Crippen LogP contribution in [0.4, 0.5) is 5.82 Å². The lowest BCUT2D eigenvalue weighted by Crippen LogP contribution is -2.13. The number of nitrogen functional groups attached to an aromatic ring is 1. The highest BCUT2D eigenvalue weighted by Crippen LogP contribution is 2.29. The number of aryl methyl sites for hydroxylation is 1. The SMILES string of the molecule is COc1ccc(-c2cnn3c(N)c(S(=O)(=O)c4ccc(C)cc4)nnc23)cc1. The second-order valence-corrected chi connectivity index (χ2v) is 8.09. The van der Waals surface area contributed by atoms with Gasteiger partial charge >= 0.3 is 0 Å². The van der Waals surface area contributed by atoms with E-state index >= 15 is 0 Å². The molecule has 2 N–H and O–H groups in total. The Morgan fingerprint density at radius 3 is 2.32 bits per heavy atom. The molecule has 0 saturated heterocycles. The summed E-state index contributed by atoms with van der Waals surface area (Å²) in [7, 11) is -2.33. The first-order valence-corrected chi connectivity index (χ1v) is 9.86. The fourth-order valence-corrected chi connectivity index (χ4v) is 4.07. The minimum Gasteiger partial charge on any atom is -0.497 e. The molecule has 0 spiro atoms. The predicted octanol–water partition coefficient (Wildman–Crippen LogP) is 2.52. The Kier molecular flexibility index (Phi) is 4.23. The molecular weight excluding hydrogens is 378 g/mol. The number of rotatable bonds is 4. The Hall–Kier alpha value is -3.46. The summed E-state index contributed by atoms with van der Waals surface area (Å²) in [5, 5.41) is 11.9. The van der Waals surface area contributed by atoms with Crippen molar-refractivity contribution in [1.29, 1.82) is 0 Å².